The van der Waals surface area contributed by atoms with Gasteiger partial charge in [-0.15, -0.1) is 15.3 Å². The Morgan fingerprint density at radius 2 is 2.07 bits per heavy atom. The number of benzene rings is 1. The summed E-state index contributed by atoms with van der Waals surface area (Å²) in [4.78, 5) is 32.8. The van der Waals surface area contributed by atoms with Gasteiger partial charge in [0.1, 0.15) is 0 Å². The third-order valence-corrected chi connectivity index (χ3v) is 4.31. The molecule has 0 atom stereocenters. The molecule has 150 valence electrons. The average Bonchev–Trinajstić information content (AvgIpc) is 3.30. The fraction of sp³-hybridized carbons (Fsp3) is 0.294. The van der Waals surface area contributed by atoms with Gasteiger partial charge in [-0.2, -0.15) is 4.98 Å². The summed E-state index contributed by atoms with van der Waals surface area (Å²) in [5, 5.41) is 26.7. The van der Waals surface area contributed by atoms with Crippen LogP contribution in [0.1, 0.15) is 10.6 Å². The number of H-pyrrole nitrogens is 2. The molecule has 0 aliphatic carbocycles. The Balaban J connectivity index is 1.39. The summed E-state index contributed by atoms with van der Waals surface area (Å²) in [6.07, 6.45) is 0. The number of aromatic hydroxyl groups is 1. The van der Waals surface area contributed by atoms with Gasteiger partial charge in [0.15, 0.2) is 5.69 Å². The van der Waals surface area contributed by atoms with Crippen LogP contribution in [0.4, 0.5) is 11.6 Å². The van der Waals surface area contributed by atoms with Crippen LogP contribution >= 0.6 is 0 Å². The van der Waals surface area contributed by atoms with E-state index in [1.807, 2.05) is 4.90 Å². The maximum absolute atomic E-state index is 12.2. The number of amides is 2. The van der Waals surface area contributed by atoms with Gasteiger partial charge in [0.2, 0.25) is 23.6 Å². The van der Waals surface area contributed by atoms with E-state index in [-0.39, 0.29) is 35.8 Å². The SMILES string of the molecule is O=C(CN1CCOCC1)Nc1n[nH]c(C(=O)N=Nc2c(O)[nH]c3ccccc23)n1. The molecule has 12 nitrogen and oxygen atoms in total. The molecule has 29 heavy (non-hydrogen) atoms. The predicted octanol–water partition coefficient (Wildman–Crippen LogP) is 1.19. The molecule has 12 heteroatoms. The van der Waals surface area contributed by atoms with E-state index < -0.39 is 5.91 Å². The van der Waals surface area contributed by atoms with Crippen LogP contribution in [0, 0.1) is 0 Å². The fourth-order valence-electron chi connectivity index (χ4n) is 2.90. The van der Waals surface area contributed by atoms with E-state index in [0.717, 1.165) is 0 Å². The van der Waals surface area contributed by atoms with Crippen LogP contribution in [0.3, 0.4) is 0 Å². The lowest BCUT2D eigenvalue weighted by Crippen LogP contribution is -2.41. The number of hydrogen-bond acceptors (Lipinski definition) is 8. The van der Waals surface area contributed by atoms with E-state index in [2.05, 4.69) is 35.7 Å². The first-order valence-corrected chi connectivity index (χ1v) is 8.88. The highest BCUT2D eigenvalue weighted by atomic mass is 16.5. The molecule has 1 aliphatic heterocycles. The van der Waals surface area contributed by atoms with Crippen molar-refractivity contribution in [3.63, 3.8) is 0 Å². The second-order valence-corrected chi connectivity index (χ2v) is 6.32. The number of ether oxygens (including phenoxy) is 1. The molecule has 2 aromatic heterocycles. The second kappa shape index (κ2) is 8.16. The topological polar surface area (TPSA) is 161 Å². The number of aromatic amines is 2. The van der Waals surface area contributed by atoms with Gasteiger partial charge in [-0.3, -0.25) is 24.9 Å². The fourth-order valence-corrected chi connectivity index (χ4v) is 2.90. The quantitative estimate of drug-likeness (QED) is 0.469. The van der Waals surface area contributed by atoms with Gasteiger partial charge in [-0.25, -0.2) is 0 Å². The van der Waals surface area contributed by atoms with Crippen molar-refractivity contribution in [3.05, 3.63) is 30.1 Å². The summed E-state index contributed by atoms with van der Waals surface area (Å²) in [6, 6.07) is 7.08. The lowest BCUT2D eigenvalue weighted by atomic mass is 10.2. The van der Waals surface area contributed by atoms with Gasteiger partial charge in [0.25, 0.3) is 0 Å². The number of anilines is 1. The van der Waals surface area contributed by atoms with Crippen LogP contribution in [0.5, 0.6) is 5.88 Å². The maximum Gasteiger partial charge on any atom is 0.332 e. The molecule has 4 rings (SSSR count). The standard InChI is InChI=1S/C17H18N8O4/c26-12(9-25-5-7-29-8-6-25)19-17-20-14(22-24-17)16(28)23-21-13-10-3-1-2-4-11(10)18-15(13)27/h1-4,18,27H,5-9H2,(H2,19,20,22,24,26). The summed E-state index contributed by atoms with van der Waals surface area (Å²) >= 11 is 0. The number of hydrogen-bond donors (Lipinski definition) is 4. The highest BCUT2D eigenvalue weighted by Gasteiger charge is 2.17. The van der Waals surface area contributed by atoms with E-state index >= 15 is 0 Å². The Morgan fingerprint density at radius 3 is 2.90 bits per heavy atom. The van der Waals surface area contributed by atoms with Crippen molar-refractivity contribution >= 4 is 34.4 Å². The van der Waals surface area contributed by atoms with Crippen molar-refractivity contribution < 1.29 is 19.4 Å². The summed E-state index contributed by atoms with van der Waals surface area (Å²) in [5.74, 6) is -1.51. The highest BCUT2D eigenvalue weighted by molar-refractivity contribution is 5.96. The molecule has 4 N–H and O–H groups in total. The van der Waals surface area contributed by atoms with Gasteiger partial charge in [0, 0.05) is 18.5 Å². The van der Waals surface area contributed by atoms with Crippen LogP contribution in [-0.2, 0) is 9.53 Å². The number of nitrogens with one attached hydrogen (secondary N) is 3. The maximum atomic E-state index is 12.2. The average molecular weight is 398 g/mol. The molecule has 3 heterocycles. The number of fused-ring (bicyclic) bond motifs is 1. The van der Waals surface area contributed by atoms with E-state index in [1.165, 1.54) is 0 Å². The third-order valence-electron chi connectivity index (χ3n) is 4.31. The normalized spacial score (nSPS) is 15.2. The number of carbonyl (C=O) groups is 2. The van der Waals surface area contributed by atoms with Crippen molar-refractivity contribution in [1.82, 2.24) is 25.1 Å². The molecule has 0 spiro atoms. The number of carbonyl (C=O) groups excluding carboxylic acids is 2. The summed E-state index contributed by atoms with van der Waals surface area (Å²) in [7, 11) is 0. The lowest BCUT2D eigenvalue weighted by molar-refractivity contribution is -0.118. The molecular formula is C17H18N8O4. The smallest absolute Gasteiger partial charge is 0.332 e. The largest absolute Gasteiger partial charge is 0.493 e. The van der Waals surface area contributed by atoms with E-state index in [4.69, 9.17) is 4.74 Å². The first-order chi connectivity index (χ1) is 14.1. The van der Waals surface area contributed by atoms with Crippen LogP contribution in [-0.4, -0.2) is 74.8 Å². The zero-order valence-electron chi connectivity index (χ0n) is 15.3. The van der Waals surface area contributed by atoms with E-state index in [9.17, 15) is 14.7 Å². The van der Waals surface area contributed by atoms with Crippen LogP contribution in [0.25, 0.3) is 10.9 Å². The molecule has 0 radical (unpaired) electrons. The summed E-state index contributed by atoms with van der Waals surface area (Å²) < 4.78 is 5.23. The minimum atomic E-state index is -0.796. The van der Waals surface area contributed by atoms with Crippen molar-refractivity contribution in [2.45, 2.75) is 0 Å². The monoisotopic (exact) mass is 398 g/mol. The number of aromatic nitrogens is 4. The Kier molecular flexibility index (Phi) is 5.27. The molecule has 0 bridgehead atoms. The Morgan fingerprint density at radius 1 is 1.28 bits per heavy atom. The molecule has 3 aromatic rings. The van der Waals surface area contributed by atoms with Crippen LogP contribution < -0.4 is 5.32 Å². The first-order valence-electron chi connectivity index (χ1n) is 8.88. The summed E-state index contributed by atoms with van der Waals surface area (Å²) in [5.41, 5.74) is 0.809. The van der Waals surface area contributed by atoms with Crippen molar-refractivity contribution in [2.24, 2.45) is 10.2 Å². The Labute approximate surface area is 164 Å². The number of rotatable bonds is 5. The lowest BCUT2D eigenvalue weighted by Gasteiger charge is -2.25. The van der Waals surface area contributed by atoms with E-state index in [1.54, 1.807) is 24.3 Å². The van der Waals surface area contributed by atoms with Crippen molar-refractivity contribution in [2.75, 3.05) is 38.2 Å². The number of para-hydroxylation sites is 1. The molecule has 1 aromatic carbocycles. The molecule has 1 aliphatic rings. The zero-order valence-corrected chi connectivity index (χ0v) is 15.3. The van der Waals surface area contributed by atoms with Gasteiger partial charge in [-0.1, -0.05) is 18.2 Å². The highest BCUT2D eigenvalue weighted by Crippen LogP contribution is 2.35. The second-order valence-electron chi connectivity index (χ2n) is 6.32. The minimum absolute atomic E-state index is 0.0308. The van der Waals surface area contributed by atoms with E-state index in [0.29, 0.717) is 37.2 Å². The van der Waals surface area contributed by atoms with Gasteiger partial charge in [-0.05, 0) is 6.07 Å². The third kappa shape index (κ3) is 4.28. The first kappa shape index (κ1) is 18.7. The van der Waals surface area contributed by atoms with Crippen LogP contribution in [0.2, 0.25) is 0 Å². The molecule has 1 fully saturated rings. The molecule has 0 saturated carbocycles. The van der Waals surface area contributed by atoms with Crippen LogP contribution in [0.15, 0.2) is 34.5 Å². The zero-order chi connectivity index (χ0) is 20.2. The number of azo groups is 1. The van der Waals surface area contributed by atoms with Crippen molar-refractivity contribution in [3.8, 4) is 5.88 Å². The van der Waals surface area contributed by atoms with Gasteiger partial charge in [0.05, 0.1) is 25.3 Å². The van der Waals surface area contributed by atoms with Crippen molar-refractivity contribution in [1.29, 1.82) is 0 Å². The Bertz CT molecular complexity index is 1070. The number of morpholine rings is 1. The summed E-state index contributed by atoms with van der Waals surface area (Å²) in [6.45, 7) is 2.70. The predicted molar refractivity (Wildman–Crippen MR) is 101 cm³/mol. The molecule has 2 amide bonds. The Hall–Kier alpha value is -3.64. The minimum Gasteiger partial charge on any atom is -0.493 e. The molecule has 1 saturated heterocycles. The number of nitrogens with zero attached hydrogens (tertiary/aromatic N) is 5. The van der Waals surface area contributed by atoms with Gasteiger partial charge >= 0.3 is 5.91 Å². The van der Waals surface area contributed by atoms with Gasteiger partial charge < -0.3 is 14.8 Å². The molecule has 0 unspecified atom stereocenters. The molecular weight excluding hydrogens is 380 g/mol.